The van der Waals surface area contributed by atoms with Gasteiger partial charge in [-0.3, -0.25) is 0 Å². The highest BCUT2D eigenvalue weighted by atomic mass is 16.5. The maximum Gasteiger partial charge on any atom is 0.127 e. The molecule has 1 saturated heterocycles. The molecule has 0 saturated carbocycles. The Morgan fingerprint density at radius 2 is 1.91 bits per heavy atom. The Bertz CT molecular complexity index is 759. The van der Waals surface area contributed by atoms with Gasteiger partial charge in [0.2, 0.25) is 0 Å². The number of H-pyrrole nitrogens is 1. The average molecular weight is 293 g/mol. The number of quaternary nitrogens is 1. The van der Waals surface area contributed by atoms with Crippen LogP contribution in [-0.2, 0) is 13.0 Å². The van der Waals surface area contributed by atoms with Crippen LogP contribution in [-0.4, -0.2) is 24.6 Å². The van der Waals surface area contributed by atoms with E-state index in [0.29, 0.717) is 6.61 Å². The molecule has 3 heteroatoms. The van der Waals surface area contributed by atoms with Crippen LogP contribution in [0.1, 0.15) is 11.1 Å². The molecule has 2 aromatic carbocycles. The van der Waals surface area contributed by atoms with E-state index in [2.05, 4.69) is 35.4 Å². The minimum absolute atomic E-state index is 0.615. The maximum absolute atomic E-state index is 5.94. The molecule has 112 valence electrons. The molecule has 0 aliphatic carbocycles. The first kappa shape index (κ1) is 13.4. The summed E-state index contributed by atoms with van der Waals surface area (Å²) in [6.45, 7) is 4.54. The van der Waals surface area contributed by atoms with Gasteiger partial charge in [-0.25, -0.2) is 0 Å². The molecular formula is C19H21N2O+. The molecule has 0 radical (unpaired) electrons. The van der Waals surface area contributed by atoms with E-state index in [0.717, 1.165) is 12.2 Å². The number of aromatic amines is 1. The minimum Gasteiger partial charge on any atom is -0.489 e. The van der Waals surface area contributed by atoms with Crippen molar-refractivity contribution in [2.75, 3.05) is 19.6 Å². The Balaban J connectivity index is 1.49. The van der Waals surface area contributed by atoms with Crippen LogP contribution in [0, 0.1) is 0 Å². The quantitative estimate of drug-likeness (QED) is 0.670. The van der Waals surface area contributed by atoms with Crippen LogP contribution >= 0.6 is 0 Å². The van der Waals surface area contributed by atoms with Gasteiger partial charge in [-0.15, -0.1) is 0 Å². The highest BCUT2D eigenvalue weighted by molar-refractivity contribution is 5.84. The molecule has 0 atom stereocenters. The van der Waals surface area contributed by atoms with Crippen molar-refractivity contribution in [3.8, 4) is 5.75 Å². The number of fused-ring (bicyclic) bond motifs is 1. The number of hydrogen-bond acceptors (Lipinski definition) is 1. The van der Waals surface area contributed by atoms with Crippen molar-refractivity contribution in [2.45, 2.75) is 13.0 Å². The largest absolute Gasteiger partial charge is 0.489 e. The summed E-state index contributed by atoms with van der Waals surface area (Å²) < 4.78 is 5.94. The van der Waals surface area contributed by atoms with Crippen molar-refractivity contribution in [3.05, 3.63) is 65.9 Å². The molecule has 0 amide bonds. The van der Waals surface area contributed by atoms with Gasteiger partial charge < -0.3 is 14.6 Å². The molecule has 4 rings (SSSR count). The van der Waals surface area contributed by atoms with E-state index >= 15 is 0 Å². The van der Waals surface area contributed by atoms with Gasteiger partial charge in [-0.05, 0) is 29.3 Å². The van der Waals surface area contributed by atoms with Crippen LogP contribution in [0.25, 0.3) is 10.9 Å². The third kappa shape index (κ3) is 3.00. The lowest BCUT2D eigenvalue weighted by atomic mass is 10.1. The summed E-state index contributed by atoms with van der Waals surface area (Å²) in [7, 11) is 0. The zero-order chi connectivity index (χ0) is 14.8. The Morgan fingerprint density at radius 3 is 2.73 bits per heavy atom. The summed E-state index contributed by atoms with van der Waals surface area (Å²) in [6.07, 6.45) is 3.28. The van der Waals surface area contributed by atoms with Gasteiger partial charge in [0.1, 0.15) is 25.4 Å². The van der Waals surface area contributed by atoms with E-state index in [1.165, 1.54) is 41.7 Å². The molecule has 0 unspecified atom stereocenters. The predicted octanol–water partition coefficient (Wildman–Crippen LogP) is 2.19. The van der Waals surface area contributed by atoms with Crippen molar-refractivity contribution in [1.82, 2.24) is 4.98 Å². The Kier molecular flexibility index (Phi) is 3.57. The number of aromatic nitrogens is 1. The van der Waals surface area contributed by atoms with Gasteiger partial charge in [0.05, 0.1) is 6.54 Å². The van der Waals surface area contributed by atoms with E-state index in [-0.39, 0.29) is 0 Å². The van der Waals surface area contributed by atoms with Crippen LogP contribution in [0.15, 0.2) is 54.7 Å². The lowest BCUT2D eigenvalue weighted by Crippen LogP contribution is -2.92. The molecule has 1 aromatic heterocycles. The van der Waals surface area contributed by atoms with Crippen LogP contribution in [0.4, 0.5) is 0 Å². The molecule has 2 heterocycles. The number of benzene rings is 2. The smallest absolute Gasteiger partial charge is 0.127 e. The van der Waals surface area contributed by atoms with Gasteiger partial charge >= 0.3 is 0 Å². The Morgan fingerprint density at radius 1 is 1.05 bits per heavy atom. The molecule has 1 fully saturated rings. The standard InChI is InChI=1S/C19H20N2O/c1-2-4-15(5-3-1)14-22-17-6-7-19-18(12-17)16(13-20-19)8-9-21-10-11-21/h1-7,12-13,20H,8-11,14H2/p+1. The van der Waals surface area contributed by atoms with E-state index in [1.54, 1.807) is 4.90 Å². The second kappa shape index (κ2) is 5.85. The lowest BCUT2D eigenvalue weighted by molar-refractivity contribution is -0.758. The minimum atomic E-state index is 0.615. The average Bonchev–Trinajstić information content (AvgIpc) is 3.31. The van der Waals surface area contributed by atoms with Gasteiger partial charge in [-0.2, -0.15) is 0 Å². The monoisotopic (exact) mass is 293 g/mol. The topological polar surface area (TPSA) is 29.5 Å². The van der Waals surface area contributed by atoms with Gasteiger partial charge in [0, 0.05) is 23.5 Å². The third-order valence-electron chi connectivity index (χ3n) is 4.34. The third-order valence-corrected chi connectivity index (χ3v) is 4.34. The number of ether oxygens (including phenoxy) is 1. The van der Waals surface area contributed by atoms with E-state index in [1.807, 2.05) is 24.3 Å². The molecule has 1 aliphatic heterocycles. The maximum atomic E-state index is 5.94. The zero-order valence-corrected chi connectivity index (χ0v) is 12.6. The molecule has 3 nitrogen and oxygen atoms in total. The van der Waals surface area contributed by atoms with Crippen LogP contribution in [0.3, 0.4) is 0 Å². The molecule has 22 heavy (non-hydrogen) atoms. The molecule has 3 aromatic rings. The zero-order valence-electron chi connectivity index (χ0n) is 12.6. The van der Waals surface area contributed by atoms with Gasteiger partial charge in [0.25, 0.3) is 0 Å². The fraction of sp³-hybridized carbons (Fsp3) is 0.263. The molecule has 1 aliphatic rings. The second-order valence-corrected chi connectivity index (χ2v) is 6.05. The molecule has 2 N–H and O–H groups in total. The summed E-state index contributed by atoms with van der Waals surface area (Å²) in [4.78, 5) is 5.08. The van der Waals surface area contributed by atoms with Crippen molar-refractivity contribution in [2.24, 2.45) is 0 Å². The summed E-state index contributed by atoms with van der Waals surface area (Å²) in [6, 6.07) is 16.6. The highest BCUT2D eigenvalue weighted by Gasteiger charge is 2.22. The van der Waals surface area contributed by atoms with Crippen molar-refractivity contribution < 1.29 is 9.64 Å². The number of rotatable bonds is 6. The second-order valence-electron chi connectivity index (χ2n) is 6.05. The summed E-state index contributed by atoms with van der Waals surface area (Å²) >= 11 is 0. The van der Waals surface area contributed by atoms with Crippen LogP contribution in [0.5, 0.6) is 5.75 Å². The van der Waals surface area contributed by atoms with Crippen LogP contribution < -0.4 is 9.64 Å². The Labute approximate surface area is 130 Å². The van der Waals surface area contributed by atoms with Gasteiger partial charge in [0.15, 0.2) is 0 Å². The van der Waals surface area contributed by atoms with Crippen molar-refractivity contribution in [3.63, 3.8) is 0 Å². The Hall–Kier alpha value is -2.26. The molecule has 0 spiro atoms. The fourth-order valence-electron chi connectivity index (χ4n) is 2.84. The van der Waals surface area contributed by atoms with Crippen molar-refractivity contribution >= 4 is 10.9 Å². The summed E-state index contributed by atoms with van der Waals surface area (Å²) in [5.74, 6) is 0.941. The van der Waals surface area contributed by atoms with E-state index in [4.69, 9.17) is 4.74 Å². The number of nitrogens with one attached hydrogen (secondary N) is 2. The van der Waals surface area contributed by atoms with Gasteiger partial charge in [-0.1, -0.05) is 30.3 Å². The normalized spacial score (nSPS) is 14.4. The predicted molar refractivity (Wildman–Crippen MR) is 88.3 cm³/mol. The molecule has 0 bridgehead atoms. The first-order chi connectivity index (χ1) is 10.9. The first-order valence-corrected chi connectivity index (χ1v) is 7.99. The fourth-order valence-corrected chi connectivity index (χ4v) is 2.84. The van der Waals surface area contributed by atoms with Crippen molar-refractivity contribution in [1.29, 1.82) is 0 Å². The van der Waals surface area contributed by atoms with Crippen LogP contribution in [0.2, 0.25) is 0 Å². The summed E-state index contributed by atoms with van der Waals surface area (Å²) in [5, 5.41) is 1.30. The highest BCUT2D eigenvalue weighted by Crippen LogP contribution is 2.24. The lowest BCUT2D eigenvalue weighted by Gasteiger charge is -2.07. The van der Waals surface area contributed by atoms with E-state index < -0.39 is 0 Å². The van der Waals surface area contributed by atoms with E-state index in [9.17, 15) is 0 Å². The molecular weight excluding hydrogens is 272 g/mol. The summed E-state index contributed by atoms with van der Waals surface area (Å²) in [5.41, 5.74) is 3.80. The SMILES string of the molecule is c1ccc(COc2ccc3[nH]cc(CC[NH+]4CC4)c3c2)cc1. The number of hydrogen-bond donors (Lipinski definition) is 2. The first-order valence-electron chi connectivity index (χ1n) is 7.99.